The first-order valence-electron chi connectivity index (χ1n) is 10.3. The summed E-state index contributed by atoms with van der Waals surface area (Å²) < 4.78 is 5.12. The van der Waals surface area contributed by atoms with Crippen LogP contribution in [0, 0.1) is 0 Å². The number of H-pyrrole nitrogens is 1. The largest absolute Gasteiger partial charge is 0.504 e. The van der Waals surface area contributed by atoms with Crippen LogP contribution in [-0.4, -0.2) is 49.5 Å². The third-order valence-electron chi connectivity index (χ3n) is 5.12. The highest BCUT2D eigenvalue weighted by molar-refractivity contribution is 8.14. The van der Waals surface area contributed by atoms with E-state index >= 15 is 0 Å². The molecule has 3 aromatic rings. The van der Waals surface area contributed by atoms with Crippen molar-refractivity contribution in [3.63, 3.8) is 0 Å². The summed E-state index contributed by atoms with van der Waals surface area (Å²) in [6.45, 7) is 2.28. The Kier molecular flexibility index (Phi) is 6.64. The summed E-state index contributed by atoms with van der Waals surface area (Å²) in [6, 6.07) is 13.9. The Hall–Kier alpha value is -3.79. The number of nitrogens with zero attached hydrogens (tertiary/aromatic N) is 3. The second-order valence-electron chi connectivity index (χ2n) is 7.33. The molecule has 170 valence electrons. The van der Waals surface area contributed by atoms with Gasteiger partial charge in [0.05, 0.1) is 24.6 Å². The van der Waals surface area contributed by atoms with Gasteiger partial charge in [0.15, 0.2) is 11.5 Å². The smallest absolute Gasteiger partial charge is 0.302 e. The molecule has 0 radical (unpaired) electrons. The van der Waals surface area contributed by atoms with Gasteiger partial charge in [-0.25, -0.2) is 5.01 Å². The minimum Gasteiger partial charge on any atom is -0.504 e. The van der Waals surface area contributed by atoms with Gasteiger partial charge in [-0.2, -0.15) is 10.2 Å². The third-order valence-corrected chi connectivity index (χ3v) is 6.38. The van der Waals surface area contributed by atoms with Gasteiger partial charge in [-0.1, -0.05) is 30.8 Å². The SMILES string of the molecule is CCC1SC(=O)N(Cc2ccc(NC(=O)c3ccn[nH]3)cc2)N=C1c1ccc(OC)c(O)c1. The number of carbonyl (C=O) groups is 2. The summed E-state index contributed by atoms with van der Waals surface area (Å²) in [5.41, 5.74) is 3.32. The lowest BCUT2D eigenvalue weighted by Gasteiger charge is -2.28. The van der Waals surface area contributed by atoms with Crippen LogP contribution in [-0.2, 0) is 6.54 Å². The first-order chi connectivity index (χ1) is 16.0. The maximum Gasteiger partial charge on any atom is 0.302 e. The number of anilines is 1. The summed E-state index contributed by atoms with van der Waals surface area (Å²) in [5.74, 6) is 0.114. The molecule has 2 aromatic carbocycles. The highest BCUT2D eigenvalue weighted by atomic mass is 32.2. The molecule has 2 amide bonds. The molecule has 10 heteroatoms. The molecule has 3 N–H and O–H groups in total. The Labute approximate surface area is 194 Å². The molecule has 0 bridgehead atoms. The number of amides is 2. The van der Waals surface area contributed by atoms with E-state index in [-0.39, 0.29) is 28.7 Å². The highest BCUT2D eigenvalue weighted by Crippen LogP contribution is 2.33. The zero-order valence-corrected chi connectivity index (χ0v) is 18.9. The van der Waals surface area contributed by atoms with Gasteiger partial charge in [0.25, 0.3) is 5.91 Å². The monoisotopic (exact) mass is 465 g/mol. The minimum absolute atomic E-state index is 0.0220. The fourth-order valence-electron chi connectivity index (χ4n) is 3.39. The fraction of sp³-hybridized carbons (Fsp3) is 0.217. The van der Waals surface area contributed by atoms with Crippen LogP contribution in [0.25, 0.3) is 0 Å². The van der Waals surface area contributed by atoms with Gasteiger partial charge in [0, 0.05) is 17.4 Å². The van der Waals surface area contributed by atoms with Crippen molar-refractivity contribution >= 4 is 34.3 Å². The van der Waals surface area contributed by atoms with Gasteiger partial charge in [-0.15, -0.1) is 0 Å². The second kappa shape index (κ2) is 9.78. The molecule has 1 aliphatic heterocycles. The number of methoxy groups -OCH3 is 1. The Bertz CT molecular complexity index is 1180. The molecule has 1 aromatic heterocycles. The van der Waals surface area contributed by atoms with Gasteiger partial charge in [0.2, 0.25) is 0 Å². The van der Waals surface area contributed by atoms with Crippen molar-refractivity contribution in [2.45, 2.75) is 25.1 Å². The lowest BCUT2D eigenvalue weighted by molar-refractivity contribution is 0.102. The molecule has 0 saturated carbocycles. The number of ether oxygens (including phenoxy) is 1. The second-order valence-corrected chi connectivity index (χ2v) is 8.49. The van der Waals surface area contributed by atoms with Gasteiger partial charge in [-0.3, -0.25) is 14.7 Å². The van der Waals surface area contributed by atoms with E-state index in [1.54, 1.807) is 30.3 Å². The standard InChI is InChI=1S/C23H23N5O4S/c1-3-20-21(15-6-9-19(32-2)18(29)12-15)27-28(23(31)33-20)13-14-4-7-16(8-5-14)25-22(30)17-10-11-24-26-17/h4-12,20,29H,3,13H2,1-2H3,(H,24,26)(H,25,30). The average molecular weight is 466 g/mol. The van der Waals surface area contributed by atoms with Crippen LogP contribution in [0.2, 0.25) is 0 Å². The third kappa shape index (κ3) is 5.01. The molecule has 1 atom stereocenters. The number of phenolic OH excluding ortho intramolecular Hbond substituents is 1. The number of hydrogen-bond donors (Lipinski definition) is 3. The summed E-state index contributed by atoms with van der Waals surface area (Å²) in [5, 5.41) is 25.2. The zero-order chi connectivity index (χ0) is 23.4. The lowest BCUT2D eigenvalue weighted by atomic mass is 10.0. The van der Waals surface area contributed by atoms with Crippen LogP contribution in [0.3, 0.4) is 0 Å². The van der Waals surface area contributed by atoms with Crippen LogP contribution in [0.1, 0.15) is 35.0 Å². The number of benzene rings is 2. The molecule has 1 aliphatic rings. The Morgan fingerprint density at radius 3 is 2.67 bits per heavy atom. The van der Waals surface area contributed by atoms with Gasteiger partial charge in [0.1, 0.15) is 5.69 Å². The Morgan fingerprint density at radius 2 is 2.03 bits per heavy atom. The van der Waals surface area contributed by atoms with Crippen LogP contribution in [0.5, 0.6) is 11.5 Å². The number of thioether (sulfide) groups is 1. The number of nitrogens with one attached hydrogen (secondary N) is 2. The van der Waals surface area contributed by atoms with Crippen LogP contribution < -0.4 is 10.1 Å². The molecule has 0 saturated heterocycles. The topological polar surface area (TPSA) is 120 Å². The van der Waals surface area contributed by atoms with Crippen molar-refractivity contribution in [2.24, 2.45) is 5.10 Å². The molecule has 4 rings (SSSR count). The molecule has 0 aliphatic carbocycles. The lowest BCUT2D eigenvalue weighted by Crippen LogP contribution is -2.34. The molecular formula is C23H23N5O4S. The van der Waals surface area contributed by atoms with Gasteiger partial charge in [-0.05, 0) is 48.4 Å². The van der Waals surface area contributed by atoms with Gasteiger partial charge >= 0.3 is 5.24 Å². The van der Waals surface area contributed by atoms with Crippen molar-refractivity contribution in [3.8, 4) is 11.5 Å². The van der Waals surface area contributed by atoms with E-state index in [4.69, 9.17) is 4.74 Å². The average Bonchev–Trinajstić information content (AvgIpc) is 3.36. The predicted molar refractivity (Wildman–Crippen MR) is 127 cm³/mol. The number of rotatable bonds is 7. The summed E-state index contributed by atoms with van der Waals surface area (Å²) in [4.78, 5) is 24.8. The van der Waals surface area contributed by atoms with E-state index in [2.05, 4.69) is 20.6 Å². The summed E-state index contributed by atoms with van der Waals surface area (Å²) in [6.07, 6.45) is 2.23. The van der Waals surface area contributed by atoms with Crippen LogP contribution >= 0.6 is 11.8 Å². The number of aromatic nitrogens is 2. The zero-order valence-electron chi connectivity index (χ0n) is 18.1. The predicted octanol–water partition coefficient (Wildman–Crippen LogP) is 4.23. The molecule has 2 heterocycles. The number of hydrogen-bond acceptors (Lipinski definition) is 7. The van der Waals surface area contributed by atoms with Gasteiger partial charge < -0.3 is 15.2 Å². The molecular weight excluding hydrogens is 442 g/mol. The van der Waals surface area contributed by atoms with E-state index in [1.807, 2.05) is 25.1 Å². The quantitative estimate of drug-likeness (QED) is 0.480. The molecule has 9 nitrogen and oxygen atoms in total. The number of aromatic amines is 1. The number of aromatic hydroxyl groups is 1. The molecule has 0 fully saturated rings. The first-order valence-corrected chi connectivity index (χ1v) is 11.2. The maximum absolute atomic E-state index is 12.7. The summed E-state index contributed by atoms with van der Waals surface area (Å²) in [7, 11) is 1.49. The molecule has 1 unspecified atom stereocenters. The normalized spacial score (nSPS) is 15.8. The number of phenols is 1. The Morgan fingerprint density at radius 1 is 1.24 bits per heavy atom. The van der Waals surface area contributed by atoms with Crippen molar-refractivity contribution in [3.05, 3.63) is 71.5 Å². The Balaban J connectivity index is 1.51. The van der Waals surface area contributed by atoms with Crippen molar-refractivity contribution in [1.82, 2.24) is 15.2 Å². The van der Waals surface area contributed by atoms with E-state index in [1.165, 1.54) is 30.1 Å². The van der Waals surface area contributed by atoms with E-state index in [9.17, 15) is 14.7 Å². The van der Waals surface area contributed by atoms with Crippen LogP contribution in [0.4, 0.5) is 10.5 Å². The van der Waals surface area contributed by atoms with Crippen molar-refractivity contribution in [1.29, 1.82) is 0 Å². The maximum atomic E-state index is 12.7. The number of carbonyl (C=O) groups excluding carboxylic acids is 2. The van der Waals surface area contributed by atoms with E-state index < -0.39 is 0 Å². The first kappa shape index (κ1) is 22.4. The molecule has 33 heavy (non-hydrogen) atoms. The van der Waals surface area contributed by atoms with Crippen LogP contribution in [0.15, 0.2) is 59.8 Å². The minimum atomic E-state index is -0.287. The highest BCUT2D eigenvalue weighted by Gasteiger charge is 2.30. The molecule has 0 spiro atoms. The van der Waals surface area contributed by atoms with Crippen molar-refractivity contribution < 1.29 is 19.4 Å². The van der Waals surface area contributed by atoms with E-state index in [0.717, 1.165) is 23.3 Å². The fourth-order valence-corrected chi connectivity index (χ4v) is 4.32. The number of hydrazone groups is 1. The van der Waals surface area contributed by atoms with Crippen molar-refractivity contribution in [2.75, 3.05) is 12.4 Å². The summed E-state index contributed by atoms with van der Waals surface area (Å²) >= 11 is 1.22. The van der Waals surface area contributed by atoms with E-state index in [0.29, 0.717) is 17.1 Å².